The summed E-state index contributed by atoms with van der Waals surface area (Å²) >= 11 is 1.53. The average Bonchev–Trinajstić information content (AvgIpc) is 2.81. The SMILES string of the molecule is Cc1[nH]nc(N)c1-c1nc2cc(O)ccc2s1. The number of phenols is 1. The molecule has 0 aliphatic heterocycles. The second kappa shape index (κ2) is 3.46. The predicted octanol–water partition coefficient (Wildman–Crippen LogP) is 2.28. The molecule has 2 heterocycles. The predicted molar refractivity (Wildman–Crippen MR) is 68.0 cm³/mol. The molecule has 0 amide bonds. The lowest BCUT2D eigenvalue weighted by Gasteiger charge is -1.93. The molecule has 0 unspecified atom stereocenters. The summed E-state index contributed by atoms with van der Waals surface area (Å²) < 4.78 is 1.01. The lowest BCUT2D eigenvalue weighted by Crippen LogP contribution is -1.87. The maximum atomic E-state index is 9.40. The molecule has 17 heavy (non-hydrogen) atoms. The minimum atomic E-state index is 0.214. The van der Waals surface area contributed by atoms with Gasteiger partial charge < -0.3 is 10.8 Å². The molecule has 2 aromatic heterocycles. The highest BCUT2D eigenvalue weighted by atomic mass is 32.1. The van der Waals surface area contributed by atoms with Crippen molar-refractivity contribution < 1.29 is 5.11 Å². The lowest BCUT2D eigenvalue weighted by atomic mass is 10.2. The van der Waals surface area contributed by atoms with Crippen molar-refractivity contribution in [3.8, 4) is 16.3 Å². The molecular weight excluding hydrogens is 236 g/mol. The van der Waals surface area contributed by atoms with E-state index in [9.17, 15) is 5.11 Å². The number of H-pyrrole nitrogens is 1. The fourth-order valence-electron chi connectivity index (χ4n) is 1.74. The molecule has 0 atom stereocenters. The average molecular weight is 246 g/mol. The number of hydrogen-bond donors (Lipinski definition) is 3. The number of nitrogen functional groups attached to an aromatic ring is 1. The van der Waals surface area contributed by atoms with E-state index in [1.807, 2.05) is 13.0 Å². The van der Waals surface area contributed by atoms with Crippen LogP contribution in [0.25, 0.3) is 20.8 Å². The maximum absolute atomic E-state index is 9.40. The maximum Gasteiger partial charge on any atom is 0.155 e. The van der Waals surface area contributed by atoms with Gasteiger partial charge in [0.15, 0.2) is 5.82 Å². The third-order valence-electron chi connectivity index (χ3n) is 2.56. The van der Waals surface area contributed by atoms with Gasteiger partial charge in [0.1, 0.15) is 10.8 Å². The van der Waals surface area contributed by atoms with Gasteiger partial charge in [-0.3, -0.25) is 5.10 Å². The van der Waals surface area contributed by atoms with Gasteiger partial charge in [0.05, 0.1) is 15.8 Å². The molecule has 0 saturated carbocycles. The Labute approximate surface area is 101 Å². The third kappa shape index (κ3) is 1.53. The van der Waals surface area contributed by atoms with Gasteiger partial charge in [-0.15, -0.1) is 11.3 Å². The number of hydrogen-bond acceptors (Lipinski definition) is 5. The van der Waals surface area contributed by atoms with E-state index in [0.717, 1.165) is 26.5 Å². The van der Waals surface area contributed by atoms with Gasteiger partial charge >= 0.3 is 0 Å². The summed E-state index contributed by atoms with van der Waals surface area (Å²) in [6.45, 7) is 1.90. The van der Waals surface area contributed by atoms with Gasteiger partial charge in [-0.2, -0.15) is 5.10 Å². The zero-order valence-corrected chi connectivity index (χ0v) is 9.88. The fourth-order valence-corrected chi connectivity index (χ4v) is 2.80. The first-order valence-electron chi connectivity index (χ1n) is 5.05. The van der Waals surface area contributed by atoms with E-state index in [4.69, 9.17) is 5.73 Å². The van der Waals surface area contributed by atoms with Crippen LogP contribution in [0.3, 0.4) is 0 Å². The number of aromatic hydroxyl groups is 1. The van der Waals surface area contributed by atoms with Gasteiger partial charge in [-0.25, -0.2) is 4.98 Å². The monoisotopic (exact) mass is 246 g/mol. The van der Waals surface area contributed by atoms with Crippen LogP contribution in [0.15, 0.2) is 18.2 Å². The molecule has 0 radical (unpaired) electrons. The first-order valence-corrected chi connectivity index (χ1v) is 5.87. The largest absolute Gasteiger partial charge is 0.508 e. The smallest absolute Gasteiger partial charge is 0.155 e. The van der Waals surface area contributed by atoms with Crippen molar-refractivity contribution in [2.75, 3.05) is 5.73 Å². The van der Waals surface area contributed by atoms with E-state index in [0.29, 0.717) is 5.82 Å². The molecule has 0 aliphatic rings. The minimum Gasteiger partial charge on any atom is -0.508 e. The van der Waals surface area contributed by atoms with E-state index in [2.05, 4.69) is 15.2 Å². The van der Waals surface area contributed by atoms with Gasteiger partial charge in [-0.1, -0.05) is 0 Å². The zero-order chi connectivity index (χ0) is 12.0. The molecule has 86 valence electrons. The number of aromatic amines is 1. The molecule has 0 bridgehead atoms. The number of aryl methyl sites for hydroxylation is 1. The highest BCUT2D eigenvalue weighted by Gasteiger charge is 2.14. The number of phenolic OH excluding ortho intramolecular Hbond substituents is 1. The van der Waals surface area contributed by atoms with Crippen LogP contribution in [0.2, 0.25) is 0 Å². The molecule has 3 rings (SSSR count). The molecule has 5 nitrogen and oxygen atoms in total. The fraction of sp³-hybridized carbons (Fsp3) is 0.0909. The van der Waals surface area contributed by atoms with Crippen molar-refractivity contribution in [3.63, 3.8) is 0 Å². The Balaban J connectivity index is 2.25. The van der Waals surface area contributed by atoms with Crippen LogP contribution >= 0.6 is 11.3 Å². The van der Waals surface area contributed by atoms with E-state index in [1.54, 1.807) is 12.1 Å². The number of rotatable bonds is 1. The quantitative estimate of drug-likeness (QED) is 0.614. The van der Waals surface area contributed by atoms with Crippen LogP contribution in [0.1, 0.15) is 5.69 Å². The van der Waals surface area contributed by atoms with Gasteiger partial charge in [0, 0.05) is 11.8 Å². The van der Waals surface area contributed by atoms with Gasteiger partial charge in [0.25, 0.3) is 0 Å². The van der Waals surface area contributed by atoms with Crippen molar-refractivity contribution in [3.05, 3.63) is 23.9 Å². The highest BCUT2D eigenvalue weighted by Crippen LogP contribution is 2.35. The van der Waals surface area contributed by atoms with Crippen molar-refractivity contribution >= 4 is 27.4 Å². The second-order valence-electron chi connectivity index (χ2n) is 3.78. The lowest BCUT2D eigenvalue weighted by molar-refractivity contribution is 0.476. The summed E-state index contributed by atoms with van der Waals surface area (Å²) in [6, 6.07) is 5.13. The number of fused-ring (bicyclic) bond motifs is 1. The second-order valence-corrected chi connectivity index (χ2v) is 4.81. The molecule has 0 fully saturated rings. The van der Waals surface area contributed by atoms with Crippen LogP contribution < -0.4 is 5.73 Å². The standard InChI is InChI=1S/C11H10N4OS/c1-5-9(10(12)15-14-5)11-13-7-4-6(16)2-3-8(7)17-11/h2-4,16H,1H3,(H3,12,14,15). The van der Waals surface area contributed by atoms with Crippen molar-refractivity contribution in [1.82, 2.24) is 15.2 Å². The first kappa shape index (κ1) is 10.1. The molecule has 0 aliphatic carbocycles. The Morgan fingerprint density at radius 1 is 1.41 bits per heavy atom. The molecule has 4 N–H and O–H groups in total. The number of aromatic nitrogens is 3. The summed E-state index contributed by atoms with van der Waals surface area (Å²) in [5.41, 5.74) is 8.30. The first-order chi connectivity index (χ1) is 8.15. The number of benzene rings is 1. The van der Waals surface area contributed by atoms with Gasteiger partial charge in [-0.05, 0) is 19.1 Å². The topological polar surface area (TPSA) is 87.8 Å². The van der Waals surface area contributed by atoms with Crippen molar-refractivity contribution in [2.45, 2.75) is 6.92 Å². The van der Waals surface area contributed by atoms with E-state index >= 15 is 0 Å². The Morgan fingerprint density at radius 3 is 2.94 bits per heavy atom. The number of nitrogens with one attached hydrogen (secondary N) is 1. The molecule has 1 aromatic carbocycles. The van der Waals surface area contributed by atoms with E-state index < -0.39 is 0 Å². The van der Waals surface area contributed by atoms with Crippen LogP contribution in [0.5, 0.6) is 5.75 Å². The van der Waals surface area contributed by atoms with Crippen LogP contribution in [0.4, 0.5) is 5.82 Å². The summed E-state index contributed by atoms with van der Waals surface area (Å²) in [4.78, 5) is 4.46. The number of nitrogens with zero attached hydrogens (tertiary/aromatic N) is 2. The molecule has 0 spiro atoms. The minimum absolute atomic E-state index is 0.214. The summed E-state index contributed by atoms with van der Waals surface area (Å²) in [6.07, 6.45) is 0. The van der Waals surface area contributed by atoms with Crippen LogP contribution in [-0.2, 0) is 0 Å². The Kier molecular flexibility index (Phi) is 2.05. The number of thiazole rings is 1. The normalized spacial score (nSPS) is 11.1. The summed E-state index contributed by atoms with van der Waals surface area (Å²) in [7, 11) is 0. The van der Waals surface area contributed by atoms with Crippen molar-refractivity contribution in [2.24, 2.45) is 0 Å². The van der Waals surface area contributed by atoms with Crippen LogP contribution in [-0.4, -0.2) is 20.3 Å². The Morgan fingerprint density at radius 2 is 2.24 bits per heavy atom. The van der Waals surface area contributed by atoms with Crippen LogP contribution in [0, 0.1) is 6.92 Å². The van der Waals surface area contributed by atoms with Gasteiger partial charge in [0.2, 0.25) is 0 Å². The van der Waals surface area contributed by atoms with Crippen molar-refractivity contribution in [1.29, 1.82) is 0 Å². The third-order valence-corrected chi connectivity index (χ3v) is 3.61. The summed E-state index contributed by atoms with van der Waals surface area (Å²) in [5.74, 6) is 0.664. The molecular formula is C11H10N4OS. The number of nitrogens with two attached hydrogens (primary N) is 1. The zero-order valence-electron chi connectivity index (χ0n) is 9.06. The Bertz CT molecular complexity index is 681. The molecule has 6 heteroatoms. The Hall–Kier alpha value is -2.08. The van der Waals surface area contributed by atoms with E-state index in [-0.39, 0.29) is 5.75 Å². The molecule has 3 aromatic rings. The number of anilines is 1. The summed E-state index contributed by atoms with van der Waals surface area (Å²) in [5, 5.41) is 17.0. The molecule has 0 saturated heterocycles. The van der Waals surface area contributed by atoms with E-state index in [1.165, 1.54) is 11.3 Å². The highest BCUT2D eigenvalue weighted by molar-refractivity contribution is 7.21.